The number of hydrogen-bond donors (Lipinski definition) is 1. The summed E-state index contributed by atoms with van der Waals surface area (Å²) < 4.78 is 7.94. The largest absolute Gasteiger partial charge is 0.457 e. The lowest BCUT2D eigenvalue weighted by molar-refractivity contribution is 0.482. The van der Waals surface area contributed by atoms with Crippen molar-refractivity contribution in [2.24, 2.45) is 0 Å². The van der Waals surface area contributed by atoms with E-state index in [0.29, 0.717) is 10.0 Å². The smallest absolute Gasteiger partial charge is 0.138 e. The van der Waals surface area contributed by atoms with Crippen molar-refractivity contribution in [1.29, 1.82) is 0 Å². The molecule has 2 heterocycles. The molecule has 29 heavy (non-hydrogen) atoms. The quantitative estimate of drug-likeness (QED) is 0.378. The van der Waals surface area contributed by atoms with Crippen LogP contribution in [0, 0.1) is 0 Å². The van der Waals surface area contributed by atoms with Gasteiger partial charge in [0.2, 0.25) is 0 Å². The molecule has 0 saturated heterocycles. The lowest BCUT2D eigenvalue weighted by atomic mass is 10.2. The maximum absolute atomic E-state index is 6.09. The summed E-state index contributed by atoms with van der Waals surface area (Å²) in [5.41, 5.74) is 4.33. The van der Waals surface area contributed by atoms with Crippen LogP contribution in [0.1, 0.15) is 23.9 Å². The van der Waals surface area contributed by atoms with Crippen LogP contribution >= 0.6 is 23.2 Å². The molecule has 2 aromatic heterocycles. The van der Waals surface area contributed by atoms with Crippen molar-refractivity contribution in [3.63, 3.8) is 0 Å². The summed E-state index contributed by atoms with van der Waals surface area (Å²) in [7, 11) is 0. The highest BCUT2D eigenvalue weighted by atomic mass is 35.5. The van der Waals surface area contributed by atoms with Crippen molar-refractivity contribution in [2.45, 2.75) is 26.4 Å². The second-order valence-corrected chi connectivity index (χ2v) is 7.61. The van der Waals surface area contributed by atoms with E-state index in [1.807, 2.05) is 54.7 Å². The van der Waals surface area contributed by atoms with Gasteiger partial charge in [-0.05, 0) is 54.4 Å². The minimum atomic E-state index is 0.694. The van der Waals surface area contributed by atoms with Crippen molar-refractivity contribution in [1.82, 2.24) is 14.7 Å². The first-order valence-electron chi connectivity index (χ1n) is 9.51. The Balaban J connectivity index is 1.38. The number of rotatable bonds is 7. The zero-order valence-electron chi connectivity index (χ0n) is 16.0. The second kappa shape index (κ2) is 8.87. The van der Waals surface area contributed by atoms with E-state index >= 15 is 0 Å². The number of pyridine rings is 1. The minimum absolute atomic E-state index is 0.694. The third kappa shape index (κ3) is 4.73. The Hall–Kier alpha value is -2.53. The number of ether oxygens (including phenoxy) is 1. The van der Waals surface area contributed by atoms with Gasteiger partial charge in [0, 0.05) is 35.4 Å². The van der Waals surface area contributed by atoms with Crippen LogP contribution < -0.4 is 10.1 Å². The van der Waals surface area contributed by atoms with Gasteiger partial charge in [-0.25, -0.2) is 4.98 Å². The van der Waals surface area contributed by atoms with E-state index in [4.69, 9.17) is 27.9 Å². The first-order chi connectivity index (χ1) is 14.1. The fourth-order valence-electron chi connectivity index (χ4n) is 3.23. The molecule has 0 aliphatic carbocycles. The number of nitrogens with one attached hydrogen (secondary N) is 1. The van der Waals surface area contributed by atoms with Gasteiger partial charge in [-0.1, -0.05) is 42.3 Å². The third-order valence-electron chi connectivity index (χ3n) is 4.70. The van der Waals surface area contributed by atoms with Gasteiger partial charge in [-0.15, -0.1) is 0 Å². The van der Waals surface area contributed by atoms with Gasteiger partial charge in [0.25, 0.3) is 0 Å². The molecule has 0 aliphatic heterocycles. The number of benzene rings is 2. The first kappa shape index (κ1) is 19.8. The standard InChI is InChI=1S/C23H21Cl2N3O/c1-2-21-22(28-12-11-18(25)13-23(28)27-21)15-26-14-16-3-7-19(8-4-16)29-20-9-5-17(24)6-10-20/h3-13,26H,2,14-15H2,1H3. The lowest BCUT2D eigenvalue weighted by Crippen LogP contribution is -2.15. The van der Waals surface area contributed by atoms with Gasteiger partial charge in [-0.3, -0.25) is 0 Å². The summed E-state index contributed by atoms with van der Waals surface area (Å²) >= 11 is 12.0. The summed E-state index contributed by atoms with van der Waals surface area (Å²) in [4.78, 5) is 4.69. The van der Waals surface area contributed by atoms with Gasteiger partial charge in [0.05, 0.1) is 11.4 Å². The highest BCUT2D eigenvalue weighted by Crippen LogP contribution is 2.23. The Morgan fingerprint density at radius 2 is 1.59 bits per heavy atom. The van der Waals surface area contributed by atoms with Crippen molar-refractivity contribution >= 4 is 28.8 Å². The molecule has 0 unspecified atom stereocenters. The summed E-state index contributed by atoms with van der Waals surface area (Å²) in [6, 6.07) is 19.2. The van der Waals surface area contributed by atoms with Crippen LogP contribution in [-0.4, -0.2) is 9.38 Å². The summed E-state index contributed by atoms with van der Waals surface area (Å²) in [6.45, 7) is 3.60. The molecule has 0 radical (unpaired) electrons. The molecule has 0 aliphatic rings. The Morgan fingerprint density at radius 3 is 2.28 bits per heavy atom. The van der Waals surface area contributed by atoms with Gasteiger partial charge < -0.3 is 14.5 Å². The molecule has 4 nitrogen and oxygen atoms in total. The molecule has 4 aromatic rings. The summed E-state index contributed by atoms with van der Waals surface area (Å²) in [6.07, 6.45) is 2.86. The predicted molar refractivity (Wildman–Crippen MR) is 118 cm³/mol. The molecular formula is C23H21Cl2N3O. The maximum atomic E-state index is 6.09. The zero-order chi connectivity index (χ0) is 20.2. The number of aryl methyl sites for hydroxylation is 1. The van der Waals surface area contributed by atoms with Crippen LogP contribution in [-0.2, 0) is 19.5 Å². The summed E-state index contributed by atoms with van der Waals surface area (Å²) in [5, 5.41) is 4.90. The number of nitrogens with zero attached hydrogens (tertiary/aromatic N) is 2. The summed E-state index contributed by atoms with van der Waals surface area (Å²) in [5.74, 6) is 1.56. The van der Waals surface area contributed by atoms with E-state index in [-0.39, 0.29) is 0 Å². The van der Waals surface area contributed by atoms with Crippen molar-refractivity contribution < 1.29 is 4.74 Å². The van der Waals surface area contributed by atoms with Crippen LogP contribution in [0.2, 0.25) is 10.0 Å². The Labute approximate surface area is 180 Å². The number of hydrogen-bond acceptors (Lipinski definition) is 3. The minimum Gasteiger partial charge on any atom is -0.457 e. The van der Waals surface area contributed by atoms with Crippen LogP contribution in [0.15, 0.2) is 66.9 Å². The van der Waals surface area contributed by atoms with Crippen LogP contribution in [0.5, 0.6) is 11.5 Å². The number of aromatic nitrogens is 2. The molecule has 0 amide bonds. The fourth-order valence-corrected chi connectivity index (χ4v) is 3.51. The number of fused-ring (bicyclic) bond motifs is 1. The van der Waals surface area contributed by atoms with E-state index in [0.717, 1.165) is 42.4 Å². The highest BCUT2D eigenvalue weighted by molar-refractivity contribution is 6.31. The van der Waals surface area contributed by atoms with Gasteiger partial charge in [0.1, 0.15) is 17.1 Å². The highest BCUT2D eigenvalue weighted by Gasteiger charge is 2.10. The van der Waals surface area contributed by atoms with Crippen LogP contribution in [0.3, 0.4) is 0 Å². The molecule has 0 spiro atoms. The van der Waals surface area contributed by atoms with Gasteiger partial charge in [-0.2, -0.15) is 0 Å². The maximum Gasteiger partial charge on any atom is 0.138 e. The Bertz CT molecular complexity index is 1110. The molecule has 0 bridgehead atoms. The Kier molecular flexibility index (Phi) is 6.05. The lowest BCUT2D eigenvalue weighted by Gasteiger charge is -2.09. The van der Waals surface area contributed by atoms with E-state index in [2.05, 4.69) is 33.8 Å². The first-order valence-corrected chi connectivity index (χ1v) is 10.3. The van der Waals surface area contributed by atoms with Crippen molar-refractivity contribution in [2.75, 3.05) is 0 Å². The second-order valence-electron chi connectivity index (χ2n) is 6.74. The molecule has 2 aromatic carbocycles. The van der Waals surface area contributed by atoms with E-state index < -0.39 is 0 Å². The monoisotopic (exact) mass is 425 g/mol. The SMILES string of the molecule is CCc1nc2cc(Cl)ccn2c1CNCc1ccc(Oc2ccc(Cl)cc2)cc1. The molecular weight excluding hydrogens is 405 g/mol. The van der Waals surface area contributed by atoms with E-state index in [1.54, 1.807) is 0 Å². The van der Waals surface area contributed by atoms with E-state index in [1.165, 1.54) is 11.3 Å². The molecule has 0 saturated carbocycles. The molecule has 4 rings (SSSR count). The number of halogens is 2. The predicted octanol–water partition coefficient (Wildman–Crippen LogP) is 6.29. The molecule has 0 atom stereocenters. The topological polar surface area (TPSA) is 38.6 Å². The average Bonchev–Trinajstić information content (AvgIpc) is 3.08. The van der Waals surface area contributed by atoms with E-state index in [9.17, 15) is 0 Å². The fraction of sp³-hybridized carbons (Fsp3) is 0.174. The number of imidazole rings is 1. The molecule has 6 heteroatoms. The normalized spacial score (nSPS) is 11.1. The van der Waals surface area contributed by atoms with Crippen LogP contribution in [0.25, 0.3) is 5.65 Å². The third-order valence-corrected chi connectivity index (χ3v) is 5.19. The van der Waals surface area contributed by atoms with Gasteiger partial charge in [0.15, 0.2) is 0 Å². The average molecular weight is 426 g/mol. The van der Waals surface area contributed by atoms with Crippen molar-refractivity contribution in [3.8, 4) is 11.5 Å². The Morgan fingerprint density at radius 1 is 0.897 bits per heavy atom. The van der Waals surface area contributed by atoms with Crippen LogP contribution in [0.4, 0.5) is 0 Å². The zero-order valence-corrected chi connectivity index (χ0v) is 17.5. The molecule has 0 fully saturated rings. The molecule has 1 N–H and O–H groups in total. The van der Waals surface area contributed by atoms with Crippen molar-refractivity contribution in [3.05, 3.63) is 93.9 Å². The van der Waals surface area contributed by atoms with Gasteiger partial charge >= 0.3 is 0 Å². The molecule has 148 valence electrons.